The Kier molecular flexibility index (Phi) is 1.02. The second-order valence-electron chi connectivity index (χ2n) is 1.18. The second-order valence-corrected chi connectivity index (χ2v) is 1.18. The summed E-state index contributed by atoms with van der Waals surface area (Å²) in [4.78, 5) is 0. The van der Waals surface area contributed by atoms with Crippen LogP contribution in [0.1, 0.15) is 0 Å². The summed E-state index contributed by atoms with van der Waals surface area (Å²) < 4.78 is 4.69. The van der Waals surface area contributed by atoms with Crippen molar-refractivity contribution in [1.82, 2.24) is 5.32 Å². The molecular formula is C3H6N2O2. The number of nitrogens with one attached hydrogen (secondary N) is 1. The number of hydrogen-bond acceptors (Lipinski definition) is 3. The number of hydrogen-bond donors (Lipinski definition) is 2. The van der Waals surface area contributed by atoms with Crippen molar-refractivity contribution in [2.75, 3.05) is 13.2 Å². The van der Waals surface area contributed by atoms with Gasteiger partial charge in [0, 0.05) is 0 Å². The molecule has 1 rings (SSSR count). The zero-order chi connectivity index (χ0) is 5.11. The lowest BCUT2D eigenvalue weighted by molar-refractivity contribution is 0.277. The third-order valence-electron chi connectivity index (χ3n) is 0.708. The van der Waals surface area contributed by atoms with Gasteiger partial charge in [0.1, 0.15) is 6.61 Å². The third kappa shape index (κ3) is 0.734. The van der Waals surface area contributed by atoms with Gasteiger partial charge in [-0.15, -0.1) is 0 Å². The predicted octanol–water partition coefficient (Wildman–Crippen LogP) is -0.649. The van der Waals surface area contributed by atoms with Gasteiger partial charge in [-0.1, -0.05) is 0 Å². The summed E-state index contributed by atoms with van der Waals surface area (Å²) in [5, 5.41) is 13.4. The van der Waals surface area contributed by atoms with Crippen LogP contribution in [0, 0.1) is 0 Å². The molecule has 40 valence electrons. The van der Waals surface area contributed by atoms with Crippen LogP contribution in [-0.2, 0) is 4.74 Å². The first-order chi connectivity index (χ1) is 3.43. The maximum absolute atomic E-state index is 7.97. The molecule has 0 spiro atoms. The molecule has 0 aromatic heterocycles. The minimum Gasteiger partial charge on any atom is -0.461 e. The second kappa shape index (κ2) is 1.68. The molecule has 1 aliphatic rings. The molecule has 0 bridgehead atoms. The summed E-state index contributed by atoms with van der Waals surface area (Å²) in [6.45, 7) is 1.33. The molecule has 4 heteroatoms. The first-order valence-electron chi connectivity index (χ1n) is 2.02. The summed E-state index contributed by atoms with van der Waals surface area (Å²) in [5.41, 5.74) is 0. The van der Waals surface area contributed by atoms with Gasteiger partial charge in [0.2, 0.25) is 0 Å². The molecule has 0 aromatic rings. The highest BCUT2D eigenvalue weighted by molar-refractivity contribution is 5.74. The van der Waals surface area contributed by atoms with Gasteiger partial charge >= 0.3 is 6.02 Å². The third-order valence-corrected chi connectivity index (χ3v) is 0.708. The van der Waals surface area contributed by atoms with Gasteiger partial charge in [0.05, 0.1) is 6.54 Å². The number of ether oxygens (including phenoxy) is 1. The monoisotopic (exact) mass is 102 g/mol. The van der Waals surface area contributed by atoms with Crippen molar-refractivity contribution < 1.29 is 9.94 Å². The molecule has 0 saturated carbocycles. The van der Waals surface area contributed by atoms with Gasteiger partial charge in [0.15, 0.2) is 0 Å². The van der Waals surface area contributed by atoms with Crippen LogP contribution in [-0.4, -0.2) is 24.4 Å². The lowest BCUT2D eigenvalue weighted by atomic mass is 10.7. The molecule has 0 aromatic carbocycles. The molecule has 1 heterocycles. The van der Waals surface area contributed by atoms with Crippen molar-refractivity contribution in [2.45, 2.75) is 0 Å². The van der Waals surface area contributed by atoms with Crippen LogP contribution in [0.15, 0.2) is 5.16 Å². The molecule has 0 aliphatic carbocycles. The highest BCUT2D eigenvalue weighted by Gasteiger charge is 2.05. The van der Waals surface area contributed by atoms with Crippen molar-refractivity contribution in [3.8, 4) is 0 Å². The lowest BCUT2D eigenvalue weighted by Crippen LogP contribution is -2.14. The topological polar surface area (TPSA) is 53.9 Å². The first-order valence-corrected chi connectivity index (χ1v) is 2.02. The molecule has 0 radical (unpaired) electrons. The van der Waals surface area contributed by atoms with Crippen molar-refractivity contribution in [3.63, 3.8) is 0 Å². The van der Waals surface area contributed by atoms with E-state index in [1.165, 1.54) is 0 Å². The SMILES string of the molecule is O/N=C1/NCCO1. The van der Waals surface area contributed by atoms with Crippen LogP contribution >= 0.6 is 0 Å². The van der Waals surface area contributed by atoms with E-state index in [9.17, 15) is 0 Å². The van der Waals surface area contributed by atoms with Crippen molar-refractivity contribution in [2.24, 2.45) is 5.16 Å². The predicted molar refractivity (Wildman–Crippen MR) is 23.2 cm³/mol. The van der Waals surface area contributed by atoms with E-state index >= 15 is 0 Å². The minimum absolute atomic E-state index is 0.222. The van der Waals surface area contributed by atoms with Crippen molar-refractivity contribution in [1.29, 1.82) is 0 Å². The molecule has 1 fully saturated rings. The molecule has 0 amide bonds. The number of nitrogens with zero attached hydrogens (tertiary/aromatic N) is 1. The average molecular weight is 102 g/mol. The van der Waals surface area contributed by atoms with Crippen molar-refractivity contribution in [3.05, 3.63) is 0 Å². The number of rotatable bonds is 0. The molecule has 0 unspecified atom stereocenters. The lowest BCUT2D eigenvalue weighted by Gasteiger charge is -1.87. The molecular weight excluding hydrogens is 96.0 g/mol. The Morgan fingerprint density at radius 1 is 1.86 bits per heavy atom. The van der Waals surface area contributed by atoms with E-state index < -0.39 is 0 Å². The van der Waals surface area contributed by atoms with E-state index in [1.54, 1.807) is 0 Å². The normalized spacial score (nSPS) is 24.3. The first kappa shape index (κ1) is 4.23. The summed E-state index contributed by atoms with van der Waals surface area (Å²) in [5.74, 6) is 0. The summed E-state index contributed by atoms with van der Waals surface area (Å²) in [6.07, 6.45) is 0. The molecule has 7 heavy (non-hydrogen) atoms. The maximum Gasteiger partial charge on any atom is 0.323 e. The van der Waals surface area contributed by atoms with E-state index in [2.05, 4.69) is 10.5 Å². The zero-order valence-corrected chi connectivity index (χ0v) is 3.72. The van der Waals surface area contributed by atoms with E-state index in [-0.39, 0.29) is 6.02 Å². The maximum atomic E-state index is 7.97. The van der Waals surface area contributed by atoms with Crippen LogP contribution in [0.3, 0.4) is 0 Å². The van der Waals surface area contributed by atoms with Crippen LogP contribution in [0.25, 0.3) is 0 Å². The smallest absolute Gasteiger partial charge is 0.323 e. The zero-order valence-electron chi connectivity index (χ0n) is 3.72. The largest absolute Gasteiger partial charge is 0.461 e. The van der Waals surface area contributed by atoms with Gasteiger partial charge in [-0.05, 0) is 5.16 Å². The van der Waals surface area contributed by atoms with Crippen LogP contribution in [0.2, 0.25) is 0 Å². The Morgan fingerprint density at radius 3 is 3.00 bits per heavy atom. The van der Waals surface area contributed by atoms with Gasteiger partial charge in [-0.2, -0.15) is 0 Å². The molecule has 2 N–H and O–H groups in total. The fourth-order valence-corrected chi connectivity index (χ4v) is 0.421. The van der Waals surface area contributed by atoms with E-state index in [0.29, 0.717) is 6.61 Å². The number of oxime groups is 1. The van der Waals surface area contributed by atoms with Crippen LogP contribution < -0.4 is 5.32 Å². The van der Waals surface area contributed by atoms with Crippen LogP contribution in [0.4, 0.5) is 0 Å². The van der Waals surface area contributed by atoms with Gasteiger partial charge < -0.3 is 15.3 Å². The Labute approximate surface area is 40.8 Å². The van der Waals surface area contributed by atoms with E-state index in [1.807, 2.05) is 0 Å². The van der Waals surface area contributed by atoms with Crippen molar-refractivity contribution >= 4 is 6.02 Å². The van der Waals surface area contributed by atoms with E-state index in [0.717, 1.165) is 6.54 Å². The summed E-state index contributed by atoms with van der Waals surface area (Å²) in [7, 11) is 0. The fourth-order valence-electron chi connectivity index (χ4n) is 0.421. The van der Waals surface area contributed by atoms with Crippen LogP contribution in [0.5, 0.6) is 0 Å². The van der Waals surface area contributed by atoms with Gasteiger partial charge in [-0.25, -0.2) is 0 Å². The highest BCUT2D eigenvalue weighted by atomic mass is 16.5. The quantitative estimate of drug-likeness (QED) is 0.315. The Morgan fingerprint density at radius 2 is 2.71 bits per heavy atom. The Hall–Kier alpha value is -0.930. The minimum atomic E-state index is 0.222. The summed E-state index contributed by atoms with van der Waals surface area (Å²) in [6, 6.07) is 0.222. The van der Waals surface area contributed by atoms with Gasteiger partial charge in [-0.3, -0.25) is 0 Å². The highest BCUT2D eigenvalue weighted by Crippen LogP contribution is 1.83. The molecule has 0 atom stereocenters. The molecule has 1 saturated heterocycles. The Balaban J connectivity index is 2.41. The number of amidine groups is 1. The molecule has 4 nitrogen and oxygen atoms in total. The van der Waals surface area contributed by atoms with Gasteiger partial charge in [0.25, 0.3) is 0 Å². The standard InChI is InChI=1S/C3H6N2O2/c6-5-3-4-1-2-7-3/h6H,1-2H2,(H,4,5). The average Bonchev–Trinajstić information content (AvgIpc) is 2.14. The molecule has 1 aliphatic heterocycles. The van der Waals surface area contributed by atoms with E-state index in [4.69, 9.17) is 9.94 Å². The Bertz CT molecular complexity index is 82.9. The fraction of sp³-hybridized carbons (Fsp3) is 0.667. The summed E-state index contributed by atoms with van der Waals surface area (Å²) >= 11 is 0.